The van der Waals surface area contributed by atoms with Crippen LogP contribution in [0.4, 0.5) is 16.2 Å². The van der Waals surface area contributed by atoms with E-state index in [2.05, 4.69) is 10.6 Å². The van der Waals surface area contributed by atoms with Crippen LogP contribution in [0.5, 0.6) is 0 Å². The molecule has 0 unspecified atom stereocenters. The number of halogens is 2. The molecule has 6 nitrogen and oxygen atoms in total. The first kappa shape index (κ1) is 18.4. The molecule has 0 aliphatic rings. The van der Waals surface area contributed by atoms with Crippen molar-refractivity contribution >= 4 is 52.4 Å². The number of nitro benzene ring substituents is 1. The Morgan fingerprint density at radius 3 is 2.29 bits per heavy atom. The van der Waals surface area contributed by atoms with E-state index in [0.717, 1.165) is 4.90 Å². The smallest absolute Gasteiger partial charge is 0.319 e. The van der Waals surface area contributed by atoms with Crippen molar-refractivity contribution in [3.63, 3.8) is 0 Å². The van der Waals surface area contributed by atoms with Gasteiger partial charge in [-0.3, -0.25) is 10.1 Å². The lowest BCUT2D eigenvalue weighted by molar-refractivity contribution is -0.384. The normalized spacial score (nSPS) is 10.3. The van der Waals surface area contributed by atoms with E-state index in [1.54, 1.807) is 24.3 Å². The number of anilines is 1. The summed E-state index contributed by atoms with van der Waals surface area (Å²) in [4.78, 5) is 23.1. The molecule has 0 bridgehead atoms. The summed E-state index contributed by atoms with van der Waals surface area (Å²) in [5.41, 5.74) is 0.488. The van der Waals surface area contributed by atoms with Crippen molar-refractivity contribution in [3.8, 4) is 0 Å². The van der Waals surface area contributed by atoms with Crippen molar-refractivity contribution in [2.45, 2.75) is 16.7 Å². The van der Waals surface area contributed by atoms with Gasteiger partial charge in [-0.15, -0.1) is 0 Å². The highest BCUT2D eigenvalue weighted by atomic mass is 35.5. The van der Waals surface area contributed by atoms with E-state index in [-0.39, 0.29) is 11.7 Å². The number of hydrogen-bond acceptors (Lipinski definition) is 4. The van der Waals surface area contributed by atoms with Crippen LogP contribution in [0, 0.1) is 10.1 Å². The van der Waals surface area contributed by atoms with Crippen LogP contribution in [0.2, 0.25) is 10.0 Å². The lowest BCUT2D eigenvalue weighted by Crippen LogP contribution is -2.28. The Bertz CT molecular complexity index is 746. The molecule has 0 saturated heterocycles. The number of carbonyl (C=O) groups is 1. The Kier molecular flexibility index (Phi) is 6.30. The molecular formula is C15H13Cl2N3O3S. The molecule has 2 rings (SSSR count). The second kappa shape index (κ2) is 8.23. The van der Waals surface area contributed by atoms with E-state index in [9.17, 15) is 14.9 Å². The summed E-state index contributed by atoms with van der Waals surface area (Å²) in [5, 5.41) is 16.7. The molecule has 0 radical (unpaired) electrons. The highest BCUT2D eigenvalue weighted by Gasteiger charge is 2.12. The third-order valence-corrected chi connectivity index (χ3v) is 4.83. The van der Waals surface area contributed by atoms with Crippen molar-refractivity contribution < 1.29 is 9.72 Å². The summed E-state index contributed by atoms with van der Waals surface area (Å²) in [6.45, 7) is 2.31. The minimum absolute atomic E-state index is 0.0121. The molecule has 0 spiro atoms. The molecule has 0 aliphatic carbocycles. The van der Waals surface area contributed by atoms with E-state index in [1.165, 1.54) is 23.9 Å². The van der Waals surface area contributed by atoms with Gasteiger partial charge in [-0.25, -0.2) is 4.79 Å². The predicted octanol–water partition coefficient (Wildman–Crippen LogP) is 5.19. The van der Waals surface area contributed by atoms with Gasteiger partial charge in [0.15, 0.2) is 0 Å². The number of hydrogen-bond donors (Lipinski definition) is 2. The minimum Gasteiger partial charge on any atom is -0.338 e. The van der Waals surface area contributed by atoms with E-state index < -0.39 is 4.92 Å². The van der Waals surface area contributed by atoms with Crippen LogP contribution in [0.3, 0.4) is 0 Å². The van der Waals surface area contributed by atoms with Gasteiger partial charge in [0.25, 0.3) is 5.69 Å². The van der Waals surface area contributed by atoms with Gasteiger partial charge >= 0.3 is 6.03 Å². The van der Waals surface area contributed by atoms with Crippen LogP contribution < -0.4 is 10.6 Å². The number of carbonyl (C=O) groups excluding carboxylic acids is 1. The van der Waals surface area contributed by atoms with Gasteiger partial charge in [0.2, 0.25) is 0 Å². The molecule has 0 fully saturated rings. The Morgan fingerprint density at radius 2 is 1.79 bits per heavy atom. The van der Waals surface area contributed by atoms with Gasteiger partial charge in [-0.2, -0.15) is 0 Å². The topological polar surface area (TPSA) is 84.3 Å². The summed E-state index contributed by atoms with van der Waals surface area (Å²) in [5.74, 6) is 0. The molecule has 2 amide bonds. The number of benzene rings is 2. The highest BCUT2D eigenvalue weighted by molar-refractivity contribution is 7.99. The number of urea groups is 1. The van der Waals surface area contributed by atoms with E-state index in [0.29, 0.717) is 27.2 Å². The fourth-order valence-corrected chi connectivity index (χ4v) is 3.36. The monoisotopic (exact) mass is 385 g/mol. The van der Waals surface area contributed by atoms with Gasteiger partial charge < -0.3 is 10.6 Å². The van der Waals surface area contributed by atoms with Crippen LogP contribution in [-0.4, -0.2) is 17.5 Å². The largest absolute Gasteiger partial charge is 0.338 e. The fourth-order valence-electron chi connectivity index (χ4n) is 1.82. The standard InChI is InChI=1S/C15H13Cl2N3O3S/c1-2-18-15(21)19-9-7-12(16)14(13(17)8-9)24-11-5-3-10(4-6-11)20(22)23/h3-8H,2H2,1H3,(H2,18,19,21). The van der Waals surface area contributed by atoms with E-state index >= 15 is 0 Å². The Balaban J connectivity index is 2.18. The quantitative estimate of drug-likeness (QED) is 0.547. The number of nitro groups is 1. The summed E-state index contributed by atoms with van der Waals surface area (Å²) < 4.78 is 0. The maximum absolute atomic E-state index is 11.5. The van der Waals surface area contributed by atoms with E-state index in [4.69, 9.17) is 23.2 Å². The third kappa shape index (κ3) is 4.77. The maximum atomic E-state index is 11.5. The average Bonchev–Trinajstić information content (AvgIpc) is 2.51. The van der Waals surface area contributed by atoms with E-state index in [1.807, 2.05) is 6.92 Å². The molecule has 2 aromatic rings. The van der Waals surface area contributed by atoms with Gasteiger partial charge in [0.1, 0.15) is 0 Å². The first-order valence-electron chi connectivity index (χ1n) is 6.87. The Hall–Kier alpha value is -1.96. The summed E-state index contributed by atoms with van der Waals surface area (Å²) in [7, 11) is 0. The second-order valence-electron chi connectivity index (χ2n) is 4.61. The first-order valence-corrected chi connectivity index (χ1v) is 8.44. The number of nitrogens with zero attached hydrogens (tertiary/aromatic N) is 1. The summed E-state index contributed by atoms with van der Waals surface area (Å²) in [6, 6.07) is 8.91. The van der Waals surface area contributed by atoms with Crippen LogP contribution in [0.25, 0.3) is 0 Å². The van der Waals surface area contributed by atoms with Crippen LogP contribution in [-0.2, 0) is 0 Å². The van der Waals surface area contributed by atoms with Gasteiger partial charge in [-0.1, -0.05) is 35.0 Å². The van der Waals surface area contributed by atoms with Crippen molar-refractivity contribution in [1.82, 2.24) is 5.32 Å². The van der Waals surface area contributed by atoms with Gasteiger partial charge in [0, 0.05) is 34.2 Å². The molecule has 0 heterocycles. The van der Waals surface area contributed by atoms with Crippen molar-refractivity contribution in [1.29, 1.82) is 0 Å². The lowest BCUT2D eigenvalue weighted by atomic mass is 10.3. The third-order valence-electron chi connectivity index (χ3n) is 2.86. The zero-order chi connectivity index (χ0) is 17.7. The van der Waals surface area contributed by atoms with Gasteiger partial charge in [-0.05, 0) is 31.2 Å². The molecular weight excluding hydrogens is 373 g/mol. The summed E-state index contributed by atoms with van der Waals surface area (Å²) in [6.07, 6.45) is 0. The molecule has 24 heavy (non-hydrogen) atoms. The minimum atomic E-state index is -0.462. The number of non-ortho nitro benzene ring substituents is 1. The molecule has 9 heteroatoms. The fraction of sp³-hybridized carbons (Fsp3) is 0.133. The highest BCUT2D eigenvalue weighted by Crippen LogP contribution is 2.40. The Labute approximate surface area is 152 Å². The van der Waals surface area contributed by atoms with Crippen LogP contribution in [0.15, 0.2) is 46.2 Å². The number of nitrogens with one attached hydrogen (secondary N) is 2. The van der Waals surface area contributed by atoms with Crippen molar-refractivity contribution in [3.05, 3.63) is 56.6 Å². The lowest BCUT2D eigenvalue weighted by Gasteiger charge is -2.11. The molecule has 2 aromatic carbocycles. The van der Waals surface area contributed by atoms with Crippen LogP contribution >= 0.6 is 35.0 Å². The first-order chi connectivity index (χ1) is 11.4. The molecule has 0 saturated carbocycles. The van der Waals surface area contributed by atoms with Crippen LogP contribution in [0.1, 0.15) is 6.92 Å². The molecule has 0 aromatic heterocycles. The predicted molar refractivity (Wildman–Crippen MR) is 96.4 cm³/mol. The molecule has 126 valence electrons. The average molecular weight is 386 g/mol. The number of amides is 2. The van der Waals surface area contributed by atoms with Gasteiger partial charge in [0.05, 0.1) is 15.0 Å². The molecule has 0 aliphatic heterocycles. The summed E-state index contributed by atoms with van der Waals surface area (Å²) >= 11 is 13.8. The van der Waals surface area contributed by atoms with Crippen molar-refractivity contribution in [2.75, 3.05) is 11.9 Å². The second-order valence-corrected chi connectivity index (χ2v) is 6.50. The zero-order valence-corrected chi connectivity index (χ0v) is 14.8. The molecule has 2 N–H and O–H groups in total. The SMILES string of the molecule is CCNC(=O)Nc1cc(Cl)c(Sc2ccc([N+](=O)[O-])cc2)c(Cl)c1. The Morgan fingerprint density at radius 1 is 1.21 bits per heavy atom. The zero-order valence-electron chi connectivity index (χ0n) is 12.5. The maximum Gasteiger partial charge on any atom is 0.319 e. The molecule has 0 atom stereocenters. The number of rotatable bonds is 5. The van der Waals surface area contributed by atoms with Crippen molar-refractivity contribution in [2.24, 2.45) is 0 Å².